The summed E-state index contributed by atoms with van der Waals surface area (Å²) in [5, 5.41) is 8.46. The van der Waals surface area contributed by atoms with E-state index in [4.69, 9.17) is 5.26 Å². The summed E-state index contributed by atoms with van der Waals surface area (Å²) in [6.45, 7) is 4.69. The summed E-state index contributed by atoms with van der Waals surface area (Å²) in [7, 11) is 0. The second-order valence-electron chi connectivity index (χ2n) is 4.71. The Hall–Kier alpha value is -1.03. The Kier molecular flexibility index (Phi) is 1.80. The average Bonchev–Trinajstić information content (AvgIpc) is 2.14. The molecular weight excluding hydrogens is 158 g/mol. The Morgan fingerprint density at radius 3 is 2.92 bits per heavy atom. The summed E-state index contributed by atoms with van der Waals surface area (Å²) < 4.78 is 0. The number of nitrogens with zero attached hydrogens (tertiary/aromatic N) is 1. The molecule has 0 N–H and O–H groups in total. The molecule has 1 fully saturated rings. The standard InChI is InChI=1S/C12H15N/c1-12(2)10-6-5-9(4-3-7-13)11(12)8-10/h3-5,10-11H,6,8H2,1-2H3/b4-3+/t10-,11-/m0/s1. The number of allylic oxidation sites excluding steroid dienone is 4. The van der Waals surface area contributed by atoms with Gasteiger partial charge >= 0.3 is 0 Å². The van der Waals surface area contributed by atoms with Gasteiger partial charge in [0.1, 0.15) is 0 Å². The maximum absolute atomic E-state index is 8.46. The first-order valence-electron chi connectivity index (χ1n) is 4.92. The van der Waals surface area contributed by atoms with E-state index in [0.29, 0.717) is 11.3 Å². The van der Waals surface area contributed by atoms with Crippen molar-refractivity contribution in [1.82, 2.24) is 0 Å². The second-order valence-corrected chi connectivity index (χ2v) is 4.71. The second kappa shape index (κ2) is 2.73. The van der Waals surface area contributed by atoms with Crippen LogP contribution >= 0.6 is 0 Å². The zero-order chi connectivity index (χ0) is 9.47. The molecule has 1 saturated carbocycles. The van der Waals surface area contributed by atoms with Crippen molar-refractivity contribution in [2.24, 2.45) is 17.3 Å². The number of rotatable bonds is 1. The molecule has 0 unspecified atom stereocenters. The Balaban J connectivity index is 2.20. The van der Waals surface area contributed by atoms with E-state index >= 15 is 0 Å². The molecule has 0 aromatic rings. The van der Waals surface area contributed by atoms with Gasteiger partial charge in [0.05, 0.1) is 6.07 Å². The monoisotopic (exact) mass is 173 g/mol. The van der Waals surface area contributed by atoms with E-state index in [2.05, 4.69) is 26.0 Å². The predicted octanol–water partition coefficient (Wildman–Crippen LogP) is 3.06. The van der Waals surface area contributed by atoms with E-state index < -0.39 is 0 Å². The van der Waals surface area contributed by atoms with Crippen molar-refractivity contribution in [3.8, 4) is 6.07 Å². The van der Waals surface area contributed by atoms with Crippen LogP contribution < -0.4 is 0 Å². The molecule has 0 radical (unpaired) electrons. The smallest absolute Gasteiger partial charge is 0.0912 e. The highest BCUT2D eigenvalue weighted by Crippen LogP contribution is 2.59. The predicted molar refractivity (Wildman–Crippen MR) is 52.8 cm³/mol. The number of hydrogen-bond acceptors (Lipinski definition) is 1. The number of fused-ring (bicyclic) bond motifs is 1. The summed E-state index contributed by atoms with van der Waals surface area (Å²) in [6, 6.07) is 2.06. The lowest BCUT2D eigenvalue weighted by molar-refractivity contribution is -0.00328. The van der Waals surface area contributed by atoms with Crippen LogP contribution in [0, 0.1) is 28.6 Å². The minimum Gasteiger partial charge on any atom is -0.193 e. The zero-order valence-corrected chi connectivity index (χ0v) is 8.25. The van der Waals surface area contributed by atoms with Gasteiger partial charge in [0.2, 0.25) is 0 Å². The first-order valence-corrected chi connectivity index (χ1v) is 4.92. The van der Waals surface area contributed by atoms with Gasteiger partial charge in [-0.2, -0.15) is 5.26 Å². The number of hydrogen-bond donors (Lipinski definition) is 0. The van der Waals surface area contributed by atoms with Crippen molar-refractivity contribution in [2.45, 2.75) is 26.7 Å². The maximum Gasteiger partial charge on any atom is 0.0912 e. The molecular formula is C12H15N. The van der Waals surface area contributed by atoms with Crippen LogP contribution in [0.2, 0.25) is 0 Å². The third-order valence-corrected chi connectivity index (χ3v) is 3.86. The summed E-state index contributed by atoms with van der Waals surface area (Å²) in [4.78, 5) is 0. The van der Waals surface area contributed by atoms with Gasteiger partial charge in [0.25, 0.3) is 0 Å². The SMILES string of the molecule is CC1(C)[C@H]2CC=C(/C=C/C#N)[C@@H]1C2. The highest BCUT2D eigenvalue weighted by atomic mass is 14.5. The van der Waals surface area contributed by atoms with Crippen LogP contribution in [0.4, 0.5) is 0 Å². The van der Waals surface area contributed by atoms with Crippen molar-refractivity contribution in [2.75, 3.05) is 0 Å². The summed E-state index contributed by atoms with van der Waals surface area (Å²) in [5.74, 6) is 1.59. The van der Waals surface area contributed by atoms with Gasteiger partial charge in [-0.3, -0.25) is 0 Å². The van der Waals surface area contributed by atoms with E-state index in [1.54, 1.807) is 6.08 Å². The van der Waals surface area contributed by atoms with Crippen LogP contribution in [0.5, 0.6) is 0 Å². The summed E-state index contributed by atoms with van der Waals surface area (Å²) >= 11 is 0. The Labute approximate surface area is 79.8 Å². The van der Waals surface area contributed by atoms with E-state index in [9.17, 15) is 0 Å². The van der Waals surface area contributed by atoms with E-state index in [0.717, 1.165) is 5.92 Å². The maximum atomic E-state index is 8.46. The van der Waals surface area contributed by atoms with Crippen LogP contribution in [0.25, 0.3) is 0 Å². The molecule has 0 aromatic carbocycles. The van der Waals surface area contributed by atoms with Crippen LogP contribution in [-0.4, -0.2) is 0 Å². The quantitative estimate of drug-likeness (QED) is 0.559. The molecule has 2 bridgehead atoms. The number of nitriles is 1. The minimum absolute atomic E-state index is 0.476. The third kappa shape index (κ3) is 1.13. The molecule has 0 saturated heterocycles. The minimum atomic E-state index is 0.476. The van der Waals surface area contributed by atoms with Gasteiger partial charge in [-0.1, -0.05) is 19.9 Å². The van der Waals surface area contributed by atoms with Gasteiger partial charge in [0.15, 0.2) is 0 Å². The Morgan fingerprint density at radius 2 is 2.38 bits per heavy atom. The molecule has 3 rings (SSSR count). The van der Waals surface area contributed by atoms with Gasteiger partial charge in [0, 0.05) is 6.08 Å². The summed E-state index contributed by atoms with van der Waals surface area (Å²) in [6.07, 6.45) is 8.42. The van der Waals surface area contributed by atoms with Gasteiger partial charge in [-0.05, 0) is 41.7 Å². The normalized spacial score (nSPS) is 35.0. The fourth-order valence-electron chi connectivity index (χ4n) is 2.72. The van der Waals surface area contributed by atoms with Crippen molar-refractivity contribution >= 4 is 0 Å². The van der Waals surface area contributed by atoms with Gasteiger partial charge in [-0.15, -0.1) is 0 Å². The van der Waals surface area contributed by atoms with E-state index in [1.807, 2.05) is 6.08 Å². The Bertz CT molecular complexity index is 315. The zero-order valence-electron chi connectivity index (χ0n) is 8.25. The third-order valence-electron chi connectivity index (χ3n) is 3.86. The molecule has 3 aliphatic carbocycles. The topological polar surface area (TPSA) is 23.8 Å². The van der Waals surface area contributed by atoms with Crippen LogP contribution in [-0.2, 0) is 0 Å². The molecule has 0 heterocycles. The fraction of sp³-hybridized carbons (Fsp3) is 0.583. The molecule has 1 nitrogen and oxygen atoms in total. The Morgan fingerprint density at radius 1 is 1.62 bits per heavy atom. The summed E-state index contributed by atoms with van der Waals surface area (Å²) in [5.41, 5.74) is 1.86. The van der Waals surface area contributed by atoms with Crippen LogP contribution in [0.1, 0.15) is 26.7 Å². The molecule has 68 valence electrons. The van der Waals surface area contributed by atoms with Crippen molar-refractivity contribution in [1.29, 1.82) is 5.26 Å². The highest BCUT2D eigenvalue weighted by Gasteiger charge is 2.50. The molecule has 2 atom stereocenters. The molecule has 0 spiro atoms. The van der Waals surface area contributed by atoms with Crippen molar-refractivity contribution < 1.29 is 0 Å². The fourth-order valence-corrected chi connectivity index (χ4v) is 2.72. The largest absolute Gasteiger partial charge is 0.193 e. The first kappa shape index (κ1) is 8.56. The molecule has 0 aromatic heterocycles. The molecule has 0 aliphatic heterocycles. The molecule has 13 heavy (non-hydrogen) atoms. The van der Waals surface area contributed by atoms with Gasteiger partial charge < -0.3 is 0 Å². The average molecular weight is 173 g/mol. The highest BCUT2D eigenvalue weighted by molar-refractivity contribution is 5.33. The lowest BCUT2D eigenvalue weighted by Gasteiger charge is -2.56. The molecule has 1 heteroatoms. The van der Waals surface area contributed by atoms with Crippen molar-refractivity contribution in [3.05, 3.63) is 23.8 Å². The first-order chi connectivity index (χ1) is 6.16. The van der Waals surface area contributed by atoms with E-state index in [1.165, 1.54) is 18.4 Å². The van der Waals surface area contributed by atoms with Gasteiger partial charge in [-0.25, -0.2) is 0 Å². The molecule has 3 aliphatic rings. The van der Waals surface area contributed by atoms with Crippen LogP contribution in [0.3, 0.4) is 0 Å². The molecule has 0 amide bonds. The van der Waals surface area contributed by atoms with E-state index in [-0.39, 0.29) is 0 Å². The lowest BCUT2D eigenvalue weighted by Crippen LogP contribution is -2.47. The van der Waals surface area contributed by atoms with Crippen molar-refractivity contribution in [3.63, 3.8) is 0 Å². The van der Waals surface area contributed by atoms with Crippen LogP contribution in [0.15, 0.2) is 23.8 Å². The lowest BCUT2D eigenvalue weighted by atomic mass is 9.49.